The fourth-order valence-electron chi connectivity index (χ4n) is 1.71. The minimum absolute atomic E-state index is 0.0743. The van der Waals surface area contributed by atoms with Crippen molar-refractivity contribution in [2.45, 2.75) is 6.54 Å². The van der Waals surface area contributed by atoms with Crippen LogP contribution in [-0.4, -0.2) is 32.6 Å². The predicted molar refractivity (Wildman–Crippen MR) is 73.2 cm³/mol. The van der Waals surface area contributed by atoms with Gasteiger partial charge in [0.25, 0.3) is 5.69 Å². The van der Waals surface area contributed by atoms with Crippen molar-refractivity contribution in [3.63, 3.8) is 0 Å². The number of aromatic nitrogens is 2. The highest BCUT2D eigenvalue weighted by molar-refractivity contribution is 5.89. The van der Waals surface area contributed by atoms with Gasteiger partial charge in [-0.15, -0.1) is 5.06 Å². The Kier molecular flexibility index (Phi) is 4.29. The molecule has 8 heteroatoms. The maximum absolute atomic E-state index is 11.9. The lowest BCUT2D eigenvalue weighted by Gasteiger charge is -2.16. The molecule has 0 amide bonds. The van der Waals surface area contributed by atoms with Crippen molar-refractivity contribution in [3.05, 3.63) is 58.2 Å². The lowest BCUT2D eigenvalue weighted by Crippen LogP contribution is -2.23. The van der Waals surface area contributed by atoms with Crippen LogP contribution in [0.2, 0.25) is 0 Å². The second kappa shape index (κ2) is 6.14. The normalized spacial score (nSPS) is 10.6. The third-order valence-corrected chi connectivity index (χ3v) is 2.85. The van der Waals surface area contributed by atoms with Gasteiger partial charge in [0.2, 0.25) is 0 Å². The molecule has 21 heavy (non-hydrogen) atoms. The summed E-state index contributed by atoms with van der Waals surface area (Å²) in [7, 11) is 3.46. The van der Waals surface area contributed by atoms with Gasteiger partial charge >= 0.3 is 5.97 Å². The van der Waals surface area contributed by atoms with E-state index >= 15 is 0 Å². The third-order valence-electron chi connectivity index (χ3n) is 2.85. The van der Waals surface area contributed by atoms with Gasteiger partial charge in [-0.25, -0.2) is 9.78 Å². The second-order valence-electron chi connectivity index (χ2n) is 4.46. The van der Waals surface area contributed by atoms with Crippen molar-refractivity contribution in [2.75, 3.05) is 7.05 Å². The van der Waals surface area contributed by atoms with E-state index in [2.05, 4.69) is 4.98 Å². The molecule has 2 rings (SSSR count). The molecule has 1 aromatic heterocycles. The predicted octanol–water partition coefficient (Wildman–Crippen LogP) is 1.53. The summed E-state index contributed by atoms with van der Waals surface area (Å²) in [6, 6.07) is 5.24. The lowest BCUT2D eigenvalue weighted by molar-refractivity contribution is -0.384. The Labute approximate surface area is 120 Å². The van der Waals surface area contributed by atoms with Gasteiger partial charge < -0.3 is 9.40 Å². The first-order valence-corrected chi connectivity index (χ1v) is 6.10. The van der Waals surface area contributed by atoms with Crippen LogP contribution in [-0.2, 0) is 18.4 Å². The quantitative estimate of drug-likeness (QED) is 0.612. The Morgan fingerprint density at radius 3 is 2.62 bits per heavy atom. The standard InChI is InChI=1S/C13H14N4O4/c1-15-9-14-7-12(15)8-16(2)21-13(18)10-3-5-11(6-4-10)17(19)20/h3-7,9H,8H2,1-2H3. The average Bonchev–Trinajstić information content (AvgIpc) is 2.84. The molecule has 0 aliphatic rings. The first-order chi connectivity index (χ1) is 9.97. The summed E-state index contributed by atoms with van der Waals surface area (Å²) >= 11 is 0. The summed E-state index contributed by atoms with van der Waals surface area (Å²) in [6.45, 7) is 0.384. The maximum Gasteiger partial charge on any atom is 0.357 e. The zero-order chi connectivity index (χ0) is 15.4. The van der Waals surface area contributed by atoms with E-state index in [9.17, 15) is 14.9 Å². The van der Waals surface area contributed by atoms with Crippen LogP contribution in [0, 0.1) is 10.1 Å². The Hall–Kier alpha value is -2.74. The van der Waals surface area contributed by atoms with Crippen LogP contribution < -0.4 is 0 Å². The van der Waals surface area contributed by atoms with E-state index in [1.807, 2.05) is 11.6 Å². The van der Waals surface area contributed by atoms with Crippen LogP contribution in [0.3, 0.4) is 0 Å². The molecule has 0 saturated heterocycles. The number of nitrogens with zero attached hydrogens (tertiary/aromatic N) is 4. The molecule has 0 spiro atoms. The number of hydrogen-bond donors (Lipinski definition) is 0. The van der Waals surface area contributed by atoms with E-state index in [-0.39, 0.29) is 11.3 Å². The Balaban J connectivity index is 1.97. The third kappa shape index (κ3) is 3.63. The van der Waals surface area contributed by atoms with Crippen molar-refractivity contribution in [2.24, 2.45) is 7.05 Å². The molecule has 0 bridgehead atoms. The van der Waals surface area contributed by atoms with Crippen LogP contribution in [0.15, 0.2) is 36.8 Å². The largest absolute Gasteiger partial charge is 0.364 e. The zero-order valence-corrected chi connectivity index (χ0v) is 11.6. The number of rotatable bonds is 5. The highest BCUT2D eigenvalue weighted by Crippen LogP contribution is 2.13. The smallest absolute Gasteiger partial charge is 0.357 e. The minimum atomic E-state index is -0.574. The summed E-state index contributed by atoms with van der Waals surface area (Å²) < 4.78 is 1.82. The Bertz CT molecular complexity index is 650. The van der Waals surface area contributed by atoms with E-state index in [4.69, 9.17) is 4.84 Å². The maximum atomic E-state index is 11.9. The van der Waals surface area contributed by atoms with Gasteiger partial charge in [-0.2, -0.15) is 0 Å². The summed E-state index contributed by atoms with van der Waals surface area (Å²) in [5.41, 5.74) is 1.06. The van der Waals surface area contributed by atoms with E-state index in [0.29, 0.717) is 6.54 Å². The molecule has 1 heterocycles. The van der Waals surface area contributed by atoms with Gasteiger partial charge in [-0.3, -0.25) is 10.1 Å². The molecule has 2 aromatic rings. The number of hydrogen-bond acceptors (Lipinski definition) is 6. The fourth-order valence-corrected chi connectivity index (χ4v) is 1.71. The molecule has 0 unspecified atom stereocenters. The fraction of sp³-hybridized carbons (Fsp3) is 0.231. The van der Waals surface area contributed by atoms with Gasteiger partial charge in [0.1, 0.15) is 0 Å². The summed E-state index contributed by atoms with van der Waals surface area (Å²) in [4.78, 5) is 31.0. The van der Waals surface area contributed by atoms with Crippen molar-refractivity contribution in [1.82, 2.24) is 14.6 Å². The van der Waals surface area contributed by atoms with Gasteiger partial charge in [0.05, 0.1) is 29.1 Å². The van der Waals surface area contributed by atoms with Crippen LogP contribution in [0.5, 0.6) is 0 Å². The van der Waals surface area contributed by atoms with Crippen LogP contribution in [0.25, 0.3) is 0 Å². The Morgan fingerprint density at radius 2 is 2.10 bits per heavy atom. The van der Waals surface area contributed by atoms with Crippen LogP contribution in [0.4, 0.5) is 5.69 Å². The van der Waals surface area contributed by atoms with Crippen LogP contribution >= 0.6 is 0 Å². The van der Waals surface area contributed by atoms with Gasteiger partial charge in [0, 0.05) is 32.4 Å². The number of nitro benzene ring substituents is 1. The first-order valence-electron chi connectivity index (χ1n) is 6.10. The second-order valence-corrected chi connectivity index (χ2v) is 4.46. The number of benzene rings is 1. The van der Waals surface area contributed by atoms with Crippen molar-refractivity contribution in [3.8, 4) is 0 Å². The molecule has 0 atom stereocenters. The van der Waals surface area contributed by atoms with E-state index < -0.39 is 10.9 Å². The molecular formula is C13H14N4O4. The lowest BCUT2D eigenvalue weighted by atomic mass is 10.2. The number of hydroxylamine groups is 2. The van der Waals surface area contributed by atoms with Gasteiger partial charge in [-0.1, -0.05) is 0 Å². The highest BCUT2D eigenvalue weighted by Gasteiger charge is 2.14. The highest BCUT2D eigenvalue weighted by atomic mass is 16.7. The van der Waals surface area contributed by atoms with Gasteiger partial charge in [0.15, 0.2) is 0 Å². The summed E-state index contributed by atoms with van der Waals surface area (Å²) in [5, 5.41) is 11.9. The Morgan fingerprint density at radius 1 is 1.43 bits per heavy atom. The van der Waals surface area contributed by atoms with Crippen LogP contribution in [0.1, 0.15) is 16.1 Å². The zero-order valence-electron chi connectivity index (χ0n) is 11.6. The molecule has 8 nitrogen and oxygen atoms in total. The van der Waals surface area contributed by atoms with Crippen molar-refractivity contribution in [1.29, 1.82) is 0 Å². The number of non-ortho nitro benzene ring substituents is 1. The molecule has 0 aliphatic heterocycles. The number of carbonyl (C=O) groups is 1. The number of carbonyl (C=O) groups excluding carboxylic acids is 1. The van der Waals surface area contributed by atoms with E-state index in [0.717, 1.165) is 5.69 Å². The monoisotopic (exact) mass is 290 g/mol. The molecular weight excluding hydrogens is 276 g/mol. The molecule has 0 saturated carbocycles. The minimum Gasteiger partial charge on any atom is -0.364 e. The number of aryl methyl sites for hydroxylation is 1. The SMILES string of the molecule is CN(Cc1cncn1C)OC(=O)c1ccc([N+](=O)[O-])cc1. The topological polar surface area (TPSA) is 90.5 Å². The van der Waals surface area contributed by atoms with Crippen molar-refractivity contribution >= 4 is 11.7 Å². The molecule has 0 radical (unpaired) electrons. The van der Waals surface area contributed by atoms with E-state index in [1.54, 1.807) is 19.6 Å². The molecule has 0 aliphatic carbocycles. The average molecular weight is 290 g/mol. The van der Waals surface area contributed by atoms with Crippen molar-refractivity contribution < 1.29 is 14.6 Å². The summed E-state index contributed by atoms with van der Waals surface area (Å²) in [6.07, 6.45) is 3.33. The first kappa shape index (κ1) is 14.7. The number of imidazole rings is 1. The molecule has 0 fully saturated rings. The molecule has 1 aromatic carbocycles. The summed E-state index contributed by atoms with van der Waals surface area (Å²) in [5.74, 6) is -0.574. The molecule has 110 valence electrons. The number of nitro groups is 1. The van der Waals surface area contributed by atoms with E-state index in [1.165, 1.54) is 29.3 Å². The molecule has 0 N–H and O–H groups in total. The van der Waals surface area contributed by atoms with Gasteiger partial charge in [-0.05, 0) is 12.1 Å².